The SMILES string of the molecule is COc1c(/C(C)=C/C(=O)Nc2cc(C)cc(C)c2)cc2c(-c3cccc4ccccc34)coc2c1C. The van der Waals surface area contributed by atoms with Crippen molar-refractivity contribution >= 4 is 38.9 Å². The van der Waals surface area contributed by atoms with Gasteiger partial charge in [0.2, 0.25) is 5.91 Å². The quantitative estimate of drug-likeness (QED) is 0.261. The summed E-state index contributed by atoms with van der Waals surface area (Å²) in [6.07, 6.45) is 3.44. The lowest BCUT2D eigenvalue weighted by Gasteiger charge is -2.14. The van der Waals surface area contributed by atoms with Crippen molar-refractivity contribution in [2.45, 2.75) is 27.7 Å². The van der Waals surface area contributed by atoms with Crippen LogP contribution in [0.2, 0.25) is 0 Å². The molecule has 0 unspecified atom stereocenters. The van der Waals surface area contributed by atoms with E-state index in [1.54, 1.807) is 13.2 Å². The van der Waals surface area contributed by atoms with Crippen LogP contribution >= 0.6 is 0 Å². The van der Waals surface area contributed by atoms with Crippen LogP contribution in [0.3, 0.4) is 0 Å². The molecule has 1 N–H and O–H groups in total. The molecule has 4 aromatic carbocycles. The molecular formula is C32H29NO3. The molecule has 0 bridgehead atoms. The molecule has 4 nitrogen and oxygen atoms in total. The molecule has 1 amide bonds. The first kappa shape index (κ1) is 23.4. The van der Waals surface area contributed by atoms with Gasteiger partial charge in [-0.25, -0.2) is 0 Å². The summed E-state index contributed by atoms with van der Waals surface area (Å²) in [4.78, 5) is 12.9. The molecule has 0 radical (unpaired) electrons. The van der Waals surface area contributed by atoms with E-state index < -0.39 is 0 Å². The number of ether oxygens (including phenoxy) is 1. The van der Waals surface area contributed by atoms with E-state index in [0.29, 0.717) is 5.75 Å². The second kappa shape index (κ2) is 9.38. The molecule has 0 aliphatic heterocycles. The lowest BCUT2D eigenvalue weighted by molar-refractivity contribution is -0.111. The number of hydrogen-bond donors (Lipinski definition) is 1. The second-order valence-electron chi connectivity index (χ2n) is 9.33. The zero-order valence-corrected chi connectivity index (χ0v) is 21.2. The molecule has 4 heteroatoms. The lowest BCUT2D eigenvalue weighted by atomic mass is 9.94. The molecule has 0 saturated carbocycles. The maximum atomic E-state index is 12.9. The normalized spacial score (nSPS) is 11.8. The minimum absolute atomic E-state index is 0.182. The highest BCUT2D eigenvalue weighted by molar-refractivity contribution is 6.08. The molecule has 0 aliphatic carbocycles. The van der Waals surface area contributed by atoms with E-state index >= 15 is 0 Å². The fourth-order valence-corrected chi connectivity index (χ4v) is 5.04. The third-order valence-corrected chi connectivity index (χ3v) is 6.59. The van der Waals surface area contributed by atoms with E-state index in [1.807, 2.05) is 52.2 Å². The number of aryl methyl sites for hydroxylation is 3. The van der Waals surface area contributed by atoms with Gasteiger partial charge in [-0.2, -0.15) is 0 Å². The fourth-order valence-electron chi connectivity index (χ4n) is 5.04. The molecule has 0 spiro atoms. The number of methoxy groups -OCH3 is 1. The summed E-state index contributed by atoms with van der Waals surface area (Å²) in [6, 6.07) is 22.7. The monoisotopic (exact) mass is 475 g/mol. The van der Waals surface area contributed by atoms with Crippen molar-refractivity contribution in [3.8, 4) is 16.9 Å². The van der Waals surface area contributed by atoms with Crippen molar-refractivity contribution in [1.82, 2.24) is 0 Å². The number of anilines is 1. The Hall–Kier alpha value is -4.31. The summed E-state index contributed by atoms with van der Waals surface area (Å²) >= 11 is 0. The number of carbonyl (C=O) groups excluding carboxylic acids is 1. The number of allylic oxidation sites excluding steroid dienone is 1. The largest absolute Gasteiger partial charge is 0.496 e. The number of nitrogens with one attached hydrogen (secondary N) is 1. The van der Waals surface area contributed by atoms with Gasteiger partial charge in [0.25, 0.3) is 0 Å². The standard InChI is InChI=1S/C32H29NO3/c1-19-13-20(2)15-24(14-19)33-30(34)16-21(3)27-17-28-29(18-36-32(28)22(4)31(27)35-5)26-12-8-10-23-9-6-7-11-25(23)26/h6-18H,1-5H3,(H,33,34)/b21-16+. The Morgan fingerprint density at radius 3 is 2.36 bits per heavy atom. The van der Waals surface area contributed by atoms with Crippen molar-refractivity contribution in [3.63, 3.8) is 0 Å². The van der Waals surface area contributed by atoms with Crippen LogP contribution in [-0.2, 0) is 4.79 Å². The van der Waals surface area contributed by atoms with E-state index in [9.17, 15) is 4.79 Å². The molecule has 5 aromatic rings. The molecule has 1 heterocycles. The zero-order chi connectivity index (χ0) is 25.4. The molecule has 1 aromatic heterocycles. The number of hydrogen-bond acceptors (Lipinski definition) is 3. The van der Waals surface area contributed by atoms with Crippen LogP contribution in [0.25, 0.3) is 38.4 Å². The first-order valence-corrected chi connectivity index (χ1v) is 12.0. The van der Waals surface area contributed by atoms with Crippen LogP contribution in [0.1, 0.15) is 29.2 Å². The average Bonchev–Trinajstić information content (AvgIpc) is 3.27. The minimum Gasteiger partial charge on any atom is -0.496 e. The van der Waals surface area contributed by atoms with Crippen LogP contribution in [0.5, 0.6) is 5.75 Å². The number of fused-ring (bicyclic) bond motifs is 2. The van der Waals surface area contributed by atoms with E-state index in [2.05, 4.69) is 53.8 Å². The van der Waals surface area contributed by atoms with E-state index in [4.69, 9.17) is 9.15 Å². The van der Waals surface area contributed by atoms with Gasteiger partial charge in [0, 0.05) is 33.8 Å². The van der Waals surface area contributed by atoms with Gasteiger partial charge in [-0.1, -0.05) is 48.5 Å². The predicted molar refractivity (Wildman–Crippen MR) is 149 cm³/mol. The van der Waals surface area contributed by atoms with Gasteiger partial charge in [0.05, 0.1) is 13.4 Å². The Kier molecular flexibility index (Phi) is 6.11. The van der Waals surface area contributed by atoms with Crippen LogP contribution < -0.4 is 10.1 Å². The number of furan rings is 1. The first-order chi connectivity index (χ1) is 17.4. The van der Waals surface area contributed by atoms with Gasteiger partial charge < -0.3 is 14.5 Å². The van der Waals surface area contributed by atoms with Crippen molar-refractivity contribution in [2.75, 3.05) is 12.4 Å². The van der Waals surface area contributed by atoms with Crippen LogP contribution in [-0.4, -0.2) is 13.0 Å². The molecule has 0 saturated heterocycles. The summed E-state index contributed by atoms with van der Waals surface area (Å²) in [5, 5.41) is 6.32. The second-order valence-corrected chi connectivity index (χ2v) is 9.33. The Morgan fingerprint density at radius 1 is 0.889 bits per heavy atom. The van der Waals surface area contributed by atoms with Crippen molar-refractivity contribution in [1.29, 1.82) is 0 Å². The Labute approximate surface area is 211 Å². The van der Waals surface area contributed by atoms with Gasteiger partial charge >= 0.3 is 0 Å². The topological polar surface area (TPSA) is 51.5 Å². The molecular weight excluding hydrogens is 446 g/mol. The third-order valence-electron chi connectivity index (χ3n) is 6.59. The smallest absolute Gasteiger partial charge is 0.248 e. The molecule has 180 valence electrons. The summed E-state index contributed by atoms with van der Waals surface area (Å²) < 4.78 is 11.9. The van der Waals surface area contributed by atoms with Crippen LogP contribution in [0.4, 0.5) is 5.69 Å². The third kappa shape index (κ3) is 4.27. The average molecular weight is 476 g/mol. The highest BCUT2D eigenvalue weighted by Crippen LogP contribution is 2.42. The number of benzene rings is 4. The summed E-state index contributed by atoms with van der Waals surface area (Å²) in [7, 11) is 1.65. The van der Waals surface area contributed by atoms with Gasteiger partial charge in [-0.3, -0.25) is 4.79 Å². The van der Waals surface area contributed by atoms with E-state index in [0.717, 1.165) is 61.0 Å². The molecule has 36 heavy (non-hydrogen) atoms. The fraction of sp³-hybridized carbons (Fsp3) is 0.156. The van der Waals surface area contributed by atoms with Gasteiger partial charge in [0.15, 0.2) is 0 Å². The summed E-state index contributed by atoms with van der Waals surface area (Å²) in [6.45, 7) is 7.96. The predicted octanol–water partition coefficient (Wildman–Crippen LogP) is 8.23. The zero-order valence-electron chi connectivity index (χ0n) is 21.2. The number of amides is 1. The van der Waals surface area contributed by atoms with Crippen molar-refractivity contribution < 1.29 is 13.9 Å². The maximum absolute atomic E-state index is 12.9. The minimum atomic E-state index is -0.182. The molecule has 0 aliphatic rings. The first-order valence-electron chi connectivity index (χ1n) is 12.0. The highest BCUT2D eigenvalue weighted by Gasteiger charge is 2.19. The maximum Gasteiger partial charge on any atom is 0.248 e. The number of rotatable bonds is 5. The molecule has 0 fully saturated rings. The molecule has 5 rings (SSSR count). The Morgan fingerprint density at radius 2 is 1.61 bits per heavy atom. The van der Waals surface area contributed by atoms with Gasteiger partial charge in [-0.05, 0) is 78.9 Å². The lowest BCUT2D eigenvalue weighted by Crippen LogP contribution is -2.09. The van der Waals surface area contributed by atoms with Gasteiger partial charge in [0.1, 0.15) is 11.3 Å². The Balaban J connectivity index is 1.60. The van der Waals surface area contributed by atoms with Crippen molar-refractivity contribution in [3.05, 3.63) is 101 Å². The van der Waals surface area contributed by atoms with Crippen LogP contribution in [0, 0.1) is 20.8 Å². The molecule has 0 atom stereocenters. The summed E-state index contributed by atoms with van der Waals surface area (Å²) in [5.74, 6) is 0.521. The van der Waals surface area contributed by atoms with Crippen molar-refractivity contribution in [2.24, 2.45) is 0 Å². The van der Waals surface area contributed by atoms with Gasteiger partial charge in [-0.15, -0.1) is 0 Å². The summed E-state index contributed by atoms with van der Waals surface area (Å²) in [5.41, 5.74) is 8.48. The van der Waals surface area contributed by atoms with E-state index in [1.165, 1.54) is 5.39 Å². The van der Waals surface area contributed by atoms with E-state index in [-0.39, 0.29) is 5.91 Å². The van der Waals surface area contributed by atoms with Crippen LogP contribution in [0.15, 0.2) is 83.5 Å². The number of carbonyl (C=O) groups is 1. The Bertz CT molecular complexity index is 1630. The highest BCUT2D eigenvalue weighted by atomic mass is 16.5.